The average Bonchev–Trinajstić information content (AvgIpc) is 3.02. The molecule has 2 aromatic carbocycles. The molecule has 3 amide bonds. The molecule has 0 aliphatic heterocycles. The summed E-state index contributed by atoms with van der Waals surface area (Å²) < 4.78 is 27.0. The molecule has 0 radical (unpaired) electrons. The third-order valence-electron chi connectivity index (χ3n) is 7.56. The van der Waals surface area contributed by atoms with Crippen LogP contribution in [0.3, 0.4) is 0 Å². The van der Waals surface area contributed by atoms with Crippen LogP contribution < -0.4 is 10.0 Å². The number of unbranched alkanes of at least 4 members (excludes halogenated alkanes) is 1. The minimum Gasteiger partial charge on any atom is -0.384 e. The number of thiol groups is 1. The van der Waals surface area contributed by atoms with Crippen molar-refractivity contribution in [3.05, 3.63) is 89.5 Å². The van der Waals surface area contributed by atoms with E-state index in [1.807, 2.05) is 42.0 Å². The molecule has 1 unspecified atom stereocenters. The van der Waals surface area contributed by atoms with Gasteiger partial charge in [-0.1, -0.05) is 97.8 Å². The highest BCUT2D eigenvalue weighted by atomic mass is 35.5. The summed E-state index contributed by atoms with van der Waals surface area (Å²) in [6, 6.07) is 18.4. The lowest BCUT2D eigenvalue weighted by molar-refractivity contribution is -0.131. The lowest BCUT2D eigenvalue weighted by Gasteiger charge is -2.35. The number of hydrogen-bond acceptors (Lipinski definition) is 7. The van der Waals surface area contributed by atoms with Gasteiger partial charge in [0.25, 0.3) is 15.9 Å². The minimum absolute atomic E-state index is 0.0747. The predicted octanol–water partition coefficient (Wildman–Crippen LogP) is 4.09. The van der Waals surface area contributed by atoms with Gasteiger partial charge < -0.3 is 15.3 Å². The summed E-state index contributed by atoms with van der Waals surface area (Å²) in [5.74, 6) is -1.38. The van der Waals surface area contributed by atoms with Crippen LogP contribution in [0, 0.1) is 5.92 Å². The fourth-order valence-electron chi connectivity index (χ4n) is 4.97. The molecular weight excluding hydrogens is 634 g/mol. The summed E-state index contributed by atoms with van der Waals surface area (Å²) in [6.45, 7) is 3.61. The number of rotatable bonds is 16. The second-order valence-electron chi connectivity index (χ2n) is 11.1. The highest BCUT2D eigenvalue weighted by molar-refractivity contribution is 7.93. The number of allylic oxidation sites excluding steroid dienone is 2. The van der Waals surface area contributed by atoms with Gasteiger partial charge in [-0.25, -0.2) is 13.1 Å². The molecule has 0 saturated carbocycles. The maximum atomic E-state index is 13.6. The monoisotopic (exact) mass is 675 g/mol. The summed E-state index contributed by atoms with van der Waals surface area (Å²) >= 11 is 11.3. The van der Waals surface area contributed by atoms with E-state index in [0.717, 1.165) is 18.9 Å². The number of amides is 3. The van der Waals surface area contributed by atoms with E-state index in [2.05, 4.69) is 17.9 Å². The summed E-state index contributed by atoms with van der Waals surface area (Å²) in [6.07, 6.45) is 3.87. The number of nitrogens with one attached hydrogen (secondary N) is 2. The van der Waals surface area contributed by atoms with Crippen molar-refractivity contribution in [2.75, 3.05) is 25.4 Å². The molecule has 2 aromatic rings. The molecule has 0 spiro atoms. The van der Waals surface area contributed by atoms with Crippen molar-refractivity contribution >= 4 is 57.5 Å². The standard InChI is InChI=1S/C33H42ClN3O6S2/c1-3-4-15-30(39)37(19-18-35-32(41)28(23-44)20-25-11-7-5-8-12-25)22-26-16-17-29(27-13-9-6-10-14-27)33(34,21-26)45(42,43)36-31(40)24(2)38/h5-14,16-17,24,28,38,44H,3-4,15,18-23H2,1-2H3,(H,35,41)(H,36,40)/t24-,28+,33?/m0/s1. The fraction of sp³-hybridized carbons (Fsp3) is 0.424. The molecule has 9 nitrogen and oxygen atoms in total. The SMILES string of the molecule is CCCCC(=O)N(CCNC(=O)[C@@H](CS)Cc1ccccc1)CC1=CC=C(c2ccccc2)C(Cl)(S(=O)(=O)NC(=O)[C@H](C)O)C1. The van der Waals surface area contributed by atoms with Crippen molar-refractivity contribution < 1.29 is 27.9 Å². The number of alkyl halides is 1. The van der Waals surface area contributed by atoms with E-state index < -0.39 is 26.2 Å². The Morgan fingerprint density at radius 1 is 1.04 bits per heavy atom. The molecule has 0 saturated heterocycles. The van der Waals surface area contributed by atoms with E-state index in [1.165, 1.54) is 0 Å². The van der Waals surface area contributed by atoms with Crippen LogP contribution in [-0.4, -0.2) is 71.8 Å². The quantitative estimate of drug-likeness (QED) is 0.157. The molecular formula is C33H42ClN3O6S2. The first-order chi connectivity index (χ1) is 21.4. The molecule has 12 heteroatoms. The van der Waals surface area contributed by atoms with Crippen molar-refractivity contribution in [2.45, 2.75) is 56.3 Å². The molecule has 0 bridgehead atoms. The van der Waals surface area contributed by atoms with Crippen LogP contribution in [0.15, 0.2) is 78.4 Å². The van der Waals surface area contributed by atoms with Crippen molar-refractivity contribution in [3.8, 4) is 0 Å². The Morgan fingerprint density at radius 3 is 2.29 bits per heavy atom. The predicted molar refractivity (Wildman–Crippen MR) is 181 cm³/mol. The summed E-state index contributed by atoms with van der Waals surface area (Å²) in [4.78, 5) is 40.1. The van der Waals surface area contributed by atoms with Gasteiger partial charge in [0, 0.05) is 38.2 Å². The number of carbonyl (C=O) groups is 3. The number of nitrogens with zero attached hydrogens (tertiary/aromatic N) is 1. The van der Waals surface area contributed by atoms with Gasteiger partial charge in [0.15, 0.2) is 4.21 Å². The van der Waals surface area contributed by atoms with E-state index in [4.69, 9.17) is 11.6 Å². The zero-order valence-corrected chi connectivity index (χ0v) is 28.1. The van der Waals surface area contributed by atoms with Gasteiger partial charge in [-0.15, -0.1) is 0 Å². The number of aliphatic hydroxyl groups excluding tert-OH is 1. The van der Waals surface area contributed by atoms with Crippen molar-refractivity contribution in [3.63, 3.8) is 0 Å². The smallest absolute Gasteiger partial charge is 0.262 e. The van der Waals surface area contributed by atoms with Crippen LogP contribution in [-0.2, 0) is 30.8 Å². The molecule has 0 aromatic heterocycles. The van der Waals surface area contributed by atoms with E-state index in [-0.39, 0.29) is 49.4 Å². The maximum absolute atomic E-state index is 13.6. The Hall–Kier alpha value is -3.12. The van der Waals surface area contributed by atoms with Gasteiger partial charge in [-0.05, 0) is 42.0 Å². The molecule has 1 aliphatic rings. The maximum Gasteiger partial charge on any atom is 0.262 e. The van der Waals surface area contributed by atoms with Crippen molar-refractivity contribution in [1.82, 2.24) is 14.9 Å². The van der Waals surface area contributed by atoms with Gasteiger partial charge in [0.1, 0.15) is 6.10 Å². The number of halogens is 1. The normalized spacial score (nSPS) is 17.8. The average molecular weight is 676 g/mol. The molecule has 3 N–H and O–H groups in total. The van der Waals surface area contributed by atoms with Crippen LogP contribution in [0.5, 0.6) is 0 Å². The first kappa shape index (κ1) is 36.3. The van der Waals surface area contributed by atoms with Gasteiger partial charge in [-0.2, -0.15) is 12.6 Å². The fourth-order valence-corrected chi connectivity index (χ4v) is 7.17. The molecule has 3 rings (SSSR count). The Kier molecular flexibility index (Phi) is 13.7. The van der Waals surface area contributed by atoms with E-state index in [9.17, 15) is 27.9 Å². The second kappa shape index (κ2) is 17.0. The van der Waals surface area contributed by atoms with Crippen LogP contribution in [0.2, 0.25) is 0 Å². The Bertz CT molecular complexity index is 1480. The Morgan fingerprint density at radius 2 is 1.69 bits per heavy atom. The van der Waals surface area contributed by atoms with Gasteiger partial charge in [0.2, 0.25) is 11.8 Å². The second-order valence-corrected chi connectivity index (χ2v) is 14.2. The van der Waals surface area contributed by atoms with Gasteiger partial charge >= 0.3 is 0 Å². The van der Waals surface area contributed by atoms with E-state index in [0.29, 0.717) is 36.2 Å². The van der Waals surface area contributed by atoms with Gasteiger partial charge in [0.05, 0.1) is 5.92 Å². The number of sulfonamides is 1. The first-order valence-corrected chi connectivity index (χ1v) is 17.5. The Labute approximate surface area is 276 Å². The summed E-state index contributed by atoms with van der Waals surface area (Å²) in [5.41, 5.74) is 2.38. The first-order valence-electron chi connectivity index (χ1n) is 15.0. The largest absolute Gasteiger partial charge is 0.384 e. The van der Waals surface area contributed by atoms with Crippen LogP contribution >= 0.6 is 24.2 Å². The number of benzene rings is 2. The number of carbonyl (C=O) groups excluding carboxylic acids is 3. The zero-order chi connectivity index (χ0) is 33.0. The van der Waals surface area contributed by atoms with Crippen LogP contribution in [0.1, 0.15) is 50.7 Å². The summed E-state index contributed by atoms with van der Waals surface area (Å²) in [5, 5.41) is 12.6. The zero-order valence-electron chi connectivity index (χ0n) is 25.6. The molecule has 0 fully saturated rings. The molecule has 45 heavy (non-hydrogen) atoms. The Balaban J connectivity index is 1.82. The molecule has 1 aliphatic carbocycles. The van der Waals surface area contributed by atoms with Gasteiger partial charge in [-0.3, -0.25) is 14.4 Å². The third kappa shape index (κ3) is 9.93. The van der Waals surface area contributed by atoms with Crippen LogP contribution in [0.25, 0.3) is 5.57 Å². The van der Waals surface area contributed by atoms with Crippen LogP contribution in [0.4, 0.5) is 0 Å². The molecule has 3 atom stereocenters. The van der Waals surface area contributed by atoms with E-state index in [1.54, 1.807) is 47.4 Å². The topological polar surface area (TPSA) is 133 Å². The van der Waals surface area contributed by atoms with E-state index >= 15 is 0 Å². The minimum atomic E-state index is -4.57. The number of hydrogen-bond donors (Lipinski definition) is 4. The lowest BCUT2D eigenvalue weighted by atomic mass is 9.92. The third-order valence-corrected chi connectivity index (χ3v) is 10.6. The summed E-state index contributed by atoms with van der Waals surface area (Å²) in [7, 11) is -4.57. The number of aliphatic hydroxyl groups is 1. The highest BCUT2D eigenvalue weighted by Gasteiger charge is 2.49. The highest BCUT2D eigenvalue weighted by Crippen LogP contribution is 2.45. The molecule has 0 heterocycles. The van der Waals surface area contributed by atoms with Crippen molar-refractivity contribution in [2.24, 2.45) is 5.92 Å². The molecule has 244 valence electrons. The van der Waals surface area contributed by atoms with Crippen molar-refractivity contribution in [1.29, 1.82) is 0 Å². The lowest BCUT2D eigenvalue weighted by Crippen LogP contribution is -2.49.